The smallest absolute Gasteiger partial charge is 0.191 e. The Kier molecular flexibility index (Phi) is 6.68. The van der Waals surface area contributed by atoms with Gasteiger partial charge in [0.25, 0.3) is 0 Å². The molecule has 0 bridgehead atoms. The molecule has 1 aromatic heterocycles. The maximum atomic E-state index is 4.76. The second-order valence-electron chi connectivity index (χ2n) is 6.86. The van der Waals surface area contributed by atoms with Gasteiger partial charge in [0, 0.05) is 44.3 Å². The number of hydrogen-bond acceptors (Lipinski definition) is 4. The maximum Gasteiger partial charge on any atom is 0.191 e. The first-order chi connectivity index (χ1) is 13.2. The molecule has 1 aromatic carbocycles. The van der Waals surface area contributed by atoms with Gasteiger partial charge in [-0.15, -0.1) is 10.2 Å². The third-order valence-electron chi connectivity index (χ3n) is 4.96. The van der Waals surface area contributed by atoms with Crippen LogP contribution in [0, 0.1) is 0 Å². The number of fused-ring (bicyclic) bond motifs is 1. The van der Waals surface area contributed by atoms with Crippen LogP contribution >= 0.6 is 0 Å². The van der Waals surface area contributed by atoms with Gasteiger partial charge >= 0.3 is 0 Å². The van der Waals surface area contributed by atoms with Gasteiger partial charge in [-0.1, -0.05) is 25.1 Å². The van der Waals surface area contributed by atoms with Gasteiger partial charge in [-0.3, -0.25) is 4.99 Å². The van der Waals surface area contributed by atoms with E-state index >= 15 is 0 Å². The molecule has 0 saturated carbocycles. The summed E-state index contributed by atoms with van der Waals surface area (Å²) in [6.45, 7) is 10.6. The lowest BCUT2D eigenvalue weighted by atomic mass is 10.1. The number of para-hydroxylation sites is 1. The van der Waals surface area contributed by atoms with Crippen molar-refractivity contribution in [1.29, 1.82) is 0 Å². The normalized spacial score (nSPS) is 16.5. The molecular formula is C20H31N7. The number of aromatic nitrogens is 3. The largest absolute Gasteiger partial charge is 0.366 e. The molecule has 0 aliphatic carbocycles. The molecule has 2 aromatic rings. The van der Waals surface area contributed by atoms with Crippen LogP contribution in [-0.2, 0) is 19.4 Å². The summed E-state index contributed by atoms with van der Waals surface area (Å²) in [4.78, 5) is 7.22. The number of benzene rings is 1. The standard InChI is InChI=1S/C20H31N7/c1-4-19-25-24-15-26(19)12-10-22-20(21-5-2)23-11-13-27-16(3)14-17-8-6-7-9-18(17)27/h6-9,15-16H,4-5,10-14H2,1-3H3,(H2,21,22,23). The minimum atomic E-state index is 0.536. The van der Waals surface area contributed by atoms with E-state index in [1.165, 1.54) is 11.3 Å². The van der Waals surface area contributed by atoms with Crippen molar-refractivity contribution in [2.45, 2.75) is 46.2 Å². The average Bonchev–Trinajstić information content (AvgIpc) is 3.25. The first kappa shape index (κ1) is 19.2. The summed E-state index contributed by atoms with van der Waals surface area (Å²) in [5, 5.41) is 14.8. The summed E-state index contributed by atoms with van der Waals surface area (Å²) in [5.41, 5.74) is 2.80. The number of aliphatic imine (C=N–C) groups is 1. The molecule has 3 rings (SSSR count). The van der Waals surface area contributed by atoms with Gasteiger partial charge in [-0.2, -0.15) is 0 Å². The summed E-state index contributed by atoms with van der Waals surface area (Å²) in [6, 6.07) is 9.23. The predicted octanol–water partition coefficient (Wildman–Crippen LogP) is 1.85. The highest BCUT2D eigenvalue weighted by atomic mass is 15.3. The summed E-state index contributed by atoms with van der Waals surface area (Å²) in [5.74, 6) is 1.88. The summed E-state index contributed by atoms with van der Waals surface area (Å²) < 4.78 is 2.08. The van der Waals surface area contributed by atoms with Crippen molar-refractivity contribution in [2.75, 3.05) is 31.1 Å². The van der Waals surface area contributed by atoms with Crippen LogP contribution in [0.25, 0.3) is 0 Å². The fourth-order valence-corrected chi connectivity index (χ4v) is 3.62. The van der Waals surface area contributed by atoms with E-state index in [-0.39, 0.29) is 0 Å². The van der Waals surface area contributed by atoms with Crippen LogP contribution in [0.1, 0.15) is 32.2 Å². The number of rotatable bonds is 8. The highest BCUT2D eigenvalue weighted by molar-refractivity contribution is 5.79. The third kappa shape index (κ3) is 4.78. The van der Waals surface area contributed by atoms with Crippen LogP contribution in [0.5, 0.6) is 0 Å². The molecule has 7 heteroatoms. The van der Waals surface area contributed by atoms with Crippen molar-refractivity contribution >= 4 is 11.6 Å². The molecule has 0 amide bonds. The first-order valence-electron chi connectivity index (χ1n) is 9.96. The second kappa shape index (κ2) is 9.39. The van der Waals surface area contributed by atoms with Crippen molar-refractivity contribution in [2.24, 2.45) is 4.99 Å². The van der Waals surface area contributed by atoms with Crippen molar-refractivity contribution in [3.05, 3.63) is 42.0 Å². The highest BCUT2D eigenvalue weighted by Gasteiger charge is 2.24. The molecule has 1 atom stereocenters. The SMILES string of the molecule is CCNC(=NCCN1c2ccccc2CC1C)NCCn1cnnc1CC. The molecule has 2 N–H and O–H groups in total. The van der Waals surface area contributed by atoms with E-state index in [9.17, 15) is 0 Å². The number of hydrogen-bond donors (Lipinski definition) is 2. The predicted molar refractivity (Wildman–Crippen MR) is 110 cm³/mol. The van der Waals surface area contributed by atoms with Crippen LogP contribution in [0.4, 0.5) is 5.69 Å². The minimum Gasteiger partial charge on any atom is -0.366 e. The number of nitrogens with one attached hydrogen (secondary N) is 2. The van der Waals surface area contributed by atoms with Gasteiger partial charge in [-0.05, 0) is 31.9 Å². The Morgan fingerprint density at radius 1 is 1.22 bits per heavy atom. The van der Waals surface area contributed by atoms with E-state index in [1.807, 2.05) is 0 Å². The molecule has 146 valence electrons. The van der Waals surface area contributed by atoms with Crippen LogP contribution in [0.15, 0.2) is 35.6 Å². The molecule has 0 spiro atoms. The second-order valence-corrected chi connectivity index (χ2v) is 6.86. The van der Waals surface area contributed by atoms with E-state index in [0.29, 0.717) is 6.04 Å². The van der Waals surface area contributed by atoms with Crippen molar-refractivity contribution in [3.8, 4) is 0 Å². The van der Waals surface area contributed by atoms with Crippen LogP contribution in [0.3, 0.4) is 0 Å². The summed E-state index contributed by atoms with van der Waals surface area (Å²) in [6.07, 6.45) is 3.80. The van der Waals surface area contributed by atoms with Crippen LogP contribution < -0.4 is 15.5 Å². The topological polar surface area (TPSA) is 70.4 Å². The molecule has 27 heavy (non-hydrogen) atoms. The lowest BCUT2D eigenvalue weighted by Gasteiger charge is -2.24. The van der Waals surface area contributed by atoms with Gasteiger partial charge in [0.2, 0.25) is 0 Å². The van der Waals surface area contributed by atoms with Gasteiger partial charge in [-0.25, -0.2) is 0 Å². The Labute approximate surface area is 161 Å². The lowest BCUT2D eigenvalue weighted by molar-refractivity contribution is 0.631. The number of anilines is 1. The van der Waals surface area contributed by atoms with E-state index in [2.05, 4.69) is 75.3 Å². The molecule has 1 aliphatic rings. The zero-order chi connectivity index (χ0) is 19.1. The van der Waals surface area contributed by atoms with E-state index in [0.717, 1.165) is 57.3 Å². The average molecular weight is 370 g/mol. The molecule has 0 radical (unpaired) electrons. The Morgan fingerprint density at radius 3 is 2.89 bits per heavy atom. The number of guanidine groups is 1. The Bertz CT molecular complexity index is 752. The lowest BCUT2D eigenvalue weighted by Crippen LogP contribution is -2.40. The Morgan fingerprint density at radius 2 is 2.07 bits per heavy atom. The molecule has 1 aliphatic heterocycles. The fourth-order valence-electron chi connectivity index (χ4n) is 3.62. The zero-order valence-electron chi connectivity index (χ0n) is 16.6. The van der Waals surface area contributed by atoms with Gasteiger partial charge in [0.05, 0.1) is 6.54 Å². The van der Waals surface area contributed by atoms with Gasteiger partial charge in [0.15, 0.2) is 5.96 Å². The highest BCUT2D eigenvalue weighted by Crippen LogP contribution is 2.31. The fraction of sp³-hybridized carbons (Fsp3) is 0.550. The van der Waals surface area contributed by atoms with Gasteiger partial charge < -0.3 is 20.1 Å². The van der Waals surface area contributed by atoms with Gasteiger partial charge in [0.1, 0.15) is 12.2 Å². The Hall–Kier alpha value is -2.57. The van der Waals surface area contributed by atoms with Crippen molar-refractivity contribution < 1.29 is 0 Å². The zero-order valence-corrected chi connectivity index (χ0v) is 16.6. The van der Waals surface area contributed by atoms with E-state index < -0.39 is 0 Å². The van der Waals surface area contributed by atoms with Crippen molar-refractivity contribution in [1.82, 2.24) is 25.4 Å². The molecule has 2 heterocycles. The maximum absolute atomic E-state index is 4.76. The molecule has 7 nitrogen and oxygen atoms in total. The summed E-state index contributed by atoms with van der Waals surface area (Å²) >= 11 is 0. The molecule has 1 unspecified atom stereocenters. The third-order valence-corrected chi connectivity index (χ3v) is 4.96. The number of aryl methyl sites for hydroxylation is 1. The van der Waals surface area contributed by atoms with Crippen LogP contribution in [-0.4, -0.2) is 52.9 Å². The molecule has 0 saturated heterocycles. The quantitative estimate of drug-likeness (QED) is 0.549. The first-order valence-corrected chi connectivity index (χ1v) is 9.96. The molecular weight excluding hydrogens is 338 g/mol. The minimum absolute atomic E-state index is 0.536. The molecule has 0 fully saturated rings. The van der Waals surface area contributed by atoms with E-state index in [4.69, 9.17) is 4.99 Å². The Balaban J connectivity index is 1.52. The number of nitrogens with zero attached hydrogens (tertiary/aromatic N) is 5. The van der Waals surface area contributed by atoms with E-state index in [1.54, 1.807) is 6.33 Å². The monoisotopic (exact) mass is 369 g/mol. The summed E-state index contributed by atoms with van der Waals surface area (Å²) in [7, 11) is 0. The van der Waals surface area contributed by atoms with Crippen molar-refractivity contribution in [3.63, 3.8) is 0 Å². The van der Waals surface area contributed by atoms with Crippen LogP contribution in [0.2, 0.25) is 0 Å².